The van der Waals surface area contributed by atoms with Crippen LogP contribution in [0.25, 0.3) is 0 Å². The molecule has 0 fully saturated rings. The summed E-state index contributed by atoms with van der Waals surface area (Å²) in [7, 11) is 0. The Morgan fingerprint density at radius 3 is 1.80 bits per heavy atom. The van der Waals surface area contributed by atoms with Gasteiger partial charge in [0.15, 0.2) is 0 Å². The molecule has 0 spiro atoms. The Morgan fingerprint density at radius 2 is 1.50 bits per heavy atom. The molecule has 0 aromatic carbocycles. The van der Waals surface area contributed by atoms with Crippen LogP contribution in [-0.2, 0) is 9.53 Å². The number of alkyl halides is 3. The summed E-state index contributed by atoms with van der Waals surface area (Å²) in [6.45, 7) is 12.0. The predicted octanol–water partition coefficient (Wildman–Crippen LogP) is 4.97. The summed E-state index contributed by atoms with van der Waals surface area (Å²) in [4.78, 5) is 12.1. The van der Waals surface area contributed by atoms with Gasteiger partial charge in [-0.2, -0.15) is 13.2 Å². The van der Waals surface area contributed by atoms with Gasteiger partial charge < -0.3 is 4.74 Å². The zero-order chi connectivity index (χ0) is 16.4. The van der Waals surface area contributed by atoms with E-state index in [2.05, 4.69) is 0 Å². The summed E-state index contributed by atoms with van der Waals surface area (Å²) >= 11 is 0. The molecule has 5 heteroatoms. The molecule has 0 amide bonds. The first-order valence-electron chi connectivity index (χ1n) is 6.91. The highest BCUT2D eigenvalue weighted by molar-refractivity contribution is 5.73. The lowest BCUT2D eigenvalue weighted by Crippen LogP contribution is -2.33. The summed E-state index contributed by atoms with van der Waals surface area (Å²) in [5.41, 5.74) is -0.915. The number of hydrogen-bond acceptors (Lipinski definition) is 2. The molecule has 0 aliphatic heterocycles. The molecule has 20 heavy (non-hydrogen) atoms. The summed E-state index contributed by atoms with van der Waals surface area (Å²) < 4.78 is 43.3. The molecule has 0 radical (unpaired) electrons. The largest absolute Gasteiger partial charge is 0.460 e. The van der Waals surface area contributed by atoms with E-state index in [1.54, 1.807) is 20.8 Å². The van der Waals surface area contributed by atoms with Gasteiger partial charge in [0.05, 0.1) is 11.8 Å². The Morgan fingerprint density at radius 1 is 1.05 bits per heavy atom. The normalized spacial score (nSPS) is 16.7. The van der Waals surface area contributed by atoms with Gasteiger partial charge in [-0.3, -0.25) is 4.79 Å². The number of halogens is 3. The molecule has 0 aliphatic rings. The summed E-state index contributed by atoms with van der Waals surface area (Å²) in [6, 6.07) is 0. The molecule has 0 aliphatic carbocycles. The molecule has 0 aromatic rings. The number of hydrogen-bond donors (Lipinski definition) is 0. The van der Waals surface area contributed by atoms with Crippen molar-refractivity contribution in [2.24, 2.45) is 17.3 Å². The van der Waals surface area contributed by atoms with E-state index in [9.17, 15) is 18.0 Å². The minimum absolute atomic E-state index is 0.227. The molecular formula is C15H27F3O2. The van der Waals surface area contributed by atoms with E-state index in [-0.39, 0.29) is 11.8 Å². The highest BCUT2D eigenvalue weighted by Crippen LogP contribution is 2.36. The van der Waals surface area contributed by atoms with Crippen LogP contribution < -0.4 is 0 Å². The molecule has 0 aromatic heterocycles. The molecule has 0 saturated carbocycles. The Balaban J connectivity index is 4.96. The van der Waals surface area contributed by atoms with Gasteiger partial charge in [-0.05, 0) is 39.0 Å². The van der Waals surface area contributed by atoms with Crippen molar-refractivity contribution < 1.29 is 22.7 Å². The van der Waals surface area contributed by atoms with E-state index < -0.39 is 29.6 Å². The maximum Gasteiger partial charge on any atom is 0.391 e. The standard InChI is InChI=1S/C15H27F3O2/c1-10(15(16,17)18)8-11(9-13(2,3)4)12(19)20-14(5,6)7/h10-11H,8-9H2,1-7H3. The number of ether oxygens (including phenoxy) is 1. The molecule has 0 heterocycles. The first-order valence-corrected chi connectivity index (χ1v) is 6.91. The van der Waals surface area contributed by atoms with Crippen LogP contribution >= 0.6 is 0 Å². The third kappa shape index (κ3) is 8.43. The van der Waals surface area contributed by atoms with Crippen LogP contribution in [0.2, 0.25) is 0 Å². The van der Waals surface area contributed by atoms with Crippen LogP contribution in [0.1, 0.15) is 61.3 Å². The van der Waals surface area contributed by atoms with E-state index in [0.29, 0.717) is 6.42 Å². The molecule has 2 atom stereocenters. The number of rotatable bonds is 4. The first kappa shape index (κ1) is 19.3. The van der Waals surface area contributed by atoms with E-state index in [0.717, 1.165) is 6.92 Å². The molecule has 2 nitrogen and oxygen atoms in total. The van der Waals surface area contributed by atoms with Crippen LogP contribution in [-0.4, -0.2) is 17.7 Å². The molecule has 0 bridgehead atoms. The predicted molar refractivity (Wildman–Crippen MR) is 73.2 cm³/mol. The lowest BCUT2D eigenvalue weighted by molar-refractivity contribution is -0.181. The van der Waals surface area contributed by atoms with Crippen molar-refractivity contribution in [2.45, 2.75) is 73.1 Å². The zero-order valence-electron chi connectivity index (χ0n) is 13.5. The van der Waals surface area contributed by atoms with Crippen molar-refractivity contribution in [1.82, 2.24) is 0 Å². The Bertz CT molecular complexity index is 321. The quantitative estimate of drug-likeness (QED) is 0.685. The lowest BCUT2D eigenvalue weighted by atomic mass is 9.80. The van der Waals surface area contributed by atoms with Gasteiger partial charge in [0, 0.05) is 0 Å². The topological polar surface area (TPSA) is 26.3 Å². The van der Waals surface area contributed by atoms with Gasteiger partial charge in [-0.1, -0.05) is 27.7 Å². The third-order valence-corrected chi connectivity index (χ3v) is 2.80. The van der Waals surface area contributed by atoms with Crippen molar-refractivity contribution in [3.8, 4) is 0 Å². The van der Waals surface area contributed by atoms with Gasteiger partial charge in [-0.25, -0.2) is 0 Å². The van der Waals surface area contributed by atoms with Crippen molar-refractivity contribution in [3.63, 3.8) is 0 Å². The fraction of sp³-hybridized carbons (Fsp3) is 0.933. The van der Waals surface area contributed by atoms with Crippen LogP contribution in [0.5, 0.6) is 0 Å². The second-order valence-corrected chi connectivity index (χ2v) is 7.67. The minimum Gasteiger partial charge on any atom is -0.460 e. The Labute approximate surface area is 120 Å². The van der Waals surface area contributed by atoms with Gasteiger partial charge >= 0.3 is 12.1 Å². The molecule has 0 rings (SSSR count). The van der Waals surface area contributed by atoms with Crippen LogP contribution in [0.3, 0.4) is 0 Å². The second-order valence-electron chi connectivity index (χ2n) is 7.67. The summed E-state index contributed by atoms with van der Waals surface area (Å²) in [6.07, 6.45) is -4.13. The second kappa shape index (κ2) is 6.35. The Hall–Kier alpha value is -0.740. The lowest BCUT2D eigenvalue weighted by Gasteiger charge is -2.30. The van der Waals surface area contributed by atoms with Crippen LogP contribution in [0.4, 0.5) is 13.2 Å². The van der Waals surface area contributed by atoms with Crippen molar-refractivity contribution in [3.05, 3.63) is 0 Å². The average molecular weight is 296 g/mol. The van der Waals surface area contributed by atoms with Crippen molar-refractivity contribution in [1.29, 1.82) is 0 Å². The van der Waals surface area contributed by atoms with Crippen LogP contribution in [0, 0.1) is 17.3 Å². The summed E-state index contributed by atoms with van der Waals surface area (Å²) in [5, 5.41) is 0. The van der Waals surface area contributed by atoms with Gasteiger partial charge in [0.1, 0.15) is 5.60 Å². The minimum atomic E-state index is -4.28. The fourth-order valence-electron chi connectivity index (χ4n) is 1.95. The van der Waals surface area contributed by atoms with Gasteiger partial charge in [0.25, 0.3) is 0 Å². The molecule has 0 saturated heterocycles. The number of carbonyl (C=O) groups excluding carboxylic acids is 1. The van der Waals surface area contributed by atoms with E-state index >= 15 is 0 Å². The highest BCUT2D eigenvalue weighted by Gasteiger charge is 2.40. The van der Waals surface area contributed by atoms with E-state index in [4.69, 9.17) is 4.74 Å². The highest BCUT2D eigenvalue weighted by atomic mass is 19.4. The average Bonchev–Trinajstić information content (AvgIpc) is 2.09. The molecule has 2 unspecified atom stereocenters. The maximum absolute atomic E-state index is 12.7. The van der Waals surface area contributed by atoms with E-state index in [1.165, 1.54) is 0 Å². The van der Waals surface area contributed by atoms with Crippen LogP contribution in [0.15, 0.2) is 0 Å². The monoisotopic (exact) mass is 296 g/mol. The number of esters is 1. The van der Waals surface area contributed by atoms with E-state index in [1.807, 2.05) is 20.8 Å². The third-order valence-electron chi connectivity index (χ3n) is 2.80. The Kier molecular flexibility index (Phi) is 6.12. The van der Waals surface area contributed by atoms with Gasteiger partial charge in [-0.15, -0.1) is 0 Å². The van der Waals surface area contributed by atoms with Crippen molar-refractivity contribution >= 4 is 5.97 Å². The molecule has 120 valence electrons. The summed E-state index contributed by atoms with van der Waals surface area (Å²) in [5.74, 6) is -2.78. The maximum atomic E-state index is 12.7. The molecule has 0 N–H and O–H groups in total. The first-order chi connectivity index (χ1) is 8.62. The smallest absolute Gasteiger partial charge is 0.391 e. The zero-order valence-corrected chi connectivity index (χ0v) is 13.5. The SMILES string of the molecule is CC(CC(CC(C)(C)C)C(=O)OC(C)(C)C)C(F)(F)F. The molecular weight excluding hydrogens is 269 g/mol. The fourth-order valence-corrected chi connectivity index (χ4v) is 1.95. The van der Waals surface area contributed by atoms with Gasteiger partial charge in [0.2, 0.25) is 0 Å². The van der Waals surface area contributed by atoms with Crippen molar-refractivity contribution in [2.75, 3.05) is 0 Å². The number of carbonyl (C=O) groups is 1.